The van der Waals surface area contributed by atoms with Crippen molar-refractivity contribution in [1.29, 1.82) is 5.26 Å². The summed E-state index contributed by atoms with van der Waals surface area (Å²) in [4.78, 5) is 40.9. The number of hydrogen-bond donors (Lipinski definition) is 1. The van der Waals surface area contributed by atoms with Gasteiger partial charge in [-0.25, -0.2) is 0 Å². The Hall–Kier alpha value is -2.64. The van der Waals surface area contributed by atoms with Gasteiger partial charge in [-0.05, 0) is 51.2 Å². The van der Waals surface area contributed by atoms with E-state index in [0.29, 0.717) is 47.1 Å². The Bertz CT molecular complexity index is 1100. The molecule has 8 nitrogen and oxygen atoms in total. The summed E-state index contributed by atoms with van der Waals surface area (Å²) in [7, 11) is 0. The lowest BCUT2D eigenvalue weighted by molar-refractivity contribution is -0.137. The van der Waals surface area contributed by atoms with E-state index in [-0.39, 0.29) is 23.5 Å². The normalized spacial score (nSPS) is 17.3. The van der Waals surface area contributed by atoms with E-state index in [1.165, 1.54) is 11.8 Å². The molecule has 33 heavy (non-hydrogen) atoms. The third-order valence-electron chi connectivity index (χ3n) is 5.99. The van der Waals surface area contributed by atoms with Gasteiger partial charge in [-0.2, -0.15) is 5.26 Å². The van der Waals surface area contributed by atoms with Crippen molar-refractivity contribution in [2.75, 3.05) is 24.5 Å². The Labute approximate surface area is 202 Å². The molecule has 1 amide bonds. The number of aliphatic carboxylic acids is 1. The molecular weight excluding hydrogens is 460 g/mol. The molecule has 2 aliphatic rings. The van der Waals surface area contributed by atoms with Crippen molar-refractivity contribution in [2.24, 2.45) is 0 Å². The molecule has 0 bridgehead atoms. The molecular formula is C23H28N4O4S2. The molecule has 0 atom stereocenters. The van der Waals surface area contributed by atoms with E-state index in [0.717, 1.165) is 37.3 Å². The molecule has 1 aromatic heterocycles. The summed E-state index contributed by atoms with van der Waals surface area (Å²) in [6, 6.07) is 2.05. The molecule has 2 fully saturated rings. The van der Waals surface area contributed by atoms with Gasteiger partial charge < -0.3 is 10.0 Å². The number of carbonyl (C=O) groups is 2. The molecule has 3 rings (SSSR count). The van der Waals surface area contributed by atoms with Gasteiger partial charge in [0.05, 0.1) is 4.91 Å². The van der Waals surface area contributed by atoms with Crippen molar-refractivity contribution < 1.29 is 14.7 Å². The number of amides is 1. The first-order valence-corrected chi connectivity index (χ1v) is 12.4. The summed E-state index contributed by atoms with van der Waals surface area (Å²) >= 11 is 6.66. The number of thiocarbonyl (C=S) groups is 1. The van der Waals surface area contributed by atoms with Crippen LogP contribution in [0, 0.1) is 18.3 Å². The number of thioether (sulfide) groups is 1. The van der Waals surface area contributed by atoms with Gasteiger partial charge in [-0.15, -0.1) is 0 Å². The van der Waals surface area contributed by atoms with Gasteiger partial charge in [0, 0.05) is 38.2 Å². The lowest BCUT2D eigenvalue weighted by Crippen LogP contribution is -2.33. The fraction of sp³-hybridized carbons (Fsp3) is 0.522. The number of hydrogen-bond acceptors (Lipinski definition) is 7. The summed E-state index contributed by atoms with van der Waals surface area (Å²) in [6.45, 7) is 6.15. The molecule has 0 aliphatic carbocycles. The summed E-state index contributed by atoms with van der Waals surface area (Å²) in [5.74, 6) is -0.254. The highest BCUT2D eigenvalue weighted by Gasteiger charge is 2.33. The van der Waals surface area contributed by atoms with Crippen molar-refractivity contribution in [3.63, 3.8) is 0 Å². The molecule has 1 aromatic rings. The predicted octanol–water partition coefficient (Wildman–Crippen LogP) is 3.49. The summed E-state index contributed by atoms with van der Waals surface area (Å²) < 4.78 is 2.10. The lowest BCUT2D eigenvalue weighted by Gasteiger charge is -2.26. The van der Waals surface area contributed by atoms with Crippen molar-refractivity contribution in [3.05, 3.63) is 31.9 Å². The van der Waals surface area contributed by atoms with Crippen LogP contribution in [-0.2, 0) is 16.1 Å². The number of nitriles is 1. The molecule has 176 valence electrons. The molecule has 2 saturated heterocycles. The Kier molecular flexibility index (Phi) is 8.32. The fourth-order valence-electron chi connectivity index (χ4n) is 4.25. The summed E-state index contributed by atoms with van der Waals surface area (Å²) in [5.41, 5.74) is 1.09. The maximum absolute atomic E-state index is 13.1. The Morgan fingerprint density at radius 1 is 1.24 bits per heavy atom. The van der Waals surface area contributed by atoms with Crippen molar-refractivity contribution in [1.82, 2.24) is 9.47 Å². The van der Waals surface area contributed by atoms with Crippen LogP contribution in [0.15, 0.2) is 9.70 Å². The van der Waals surface area contributed by atoms with Crippen LogP contribution < -0.4 is 10.5 Å². The fourth-order valence-corrected chi connectivity index (χ4v) is 5.54. The van der Waals surface area contributed by atoms with Crippen LogP contribution in [0.2, 0.25) is 0 Å². The van der Waals surface area contributed by atoms with Gasteiger partial charge >= 0.3 is 5.97 Å². The zero-order valence-corrected chi connectivity index (χ0v) is 20.6. The number of carboxylic acids is 1. The summed E-state index contributed by atoms with van der Waals surface area (Å²) in [6.07, 6.45) is 5.89. The second kappa shape index (κ2) is 11.0. The van der Waals surface area contributed by atoms with E-state index in [1.807, 2.05) is 13.0 Å². The third kappa shape index (κ3) is 5.31. The van der Waals surface area contributed by atoms with Gasteiger partial charge in [0.25, 0.3) is 11.5 Å². The molecule has 2 aliphatic heterocycles. The van der Waals surface area contributed by atoms with Gasteiger partial charge in [-0.1, -0.05) is 30.4 Å². The number of carboxylic acid groups (broad SMARTS) is 1. The number of unbranched alkanes of at least 4 members (excludes halogenated alkanes) is 2. The van der Waals surface area contributed by atoms with Crippen LogP contribution in [0.1, 0.15) is 62.1 Å². The molecule has 10 heteroatoms. The minimum Gasteiger partial charge on any atom is -0.481 e. The van der Waals surface area contributed by atoms with E-state index in [2.05, 4.69) is 4.90 Å². The van der Waals surface area contributed by atoms with Crippen LogP contribution in [0.25, 0.3) is 6.08 Å². The number of anilines is 1. The number of aromatic nitrogens is 1. The standard InChI is InChI=1S/C23H28N4O4S2/c1-3-26-20(25-10-7-8-11-25)16(15(2)17(14-24)21(26)30)13-18-22(31)27(23(32)33-18)12-6-4-5-9-19(28)29/h13H,3-12H2,1-2H3,(H,28,29). The van der Waals surface area contributed by atoms with E-state index in [9.17, 15) is 19.6 Å². The number of pyridine rings is 1. The first-order chi connectivity index (χ1) is 15.8. The molecule has 0 spiro atoms. The van der Waals surface area contributed by atoms with Crippen LogP contribution in [-0.4, -0.2) is 50.4 Å². The van der Waals surface area contributed by atoms with Crippen molar-refractivity contribution >= 4 is 52.1 Å². The van der Waals surface area contributed by atoms with Crippen LogP contribution in [0.3, 0.4) is 0 Å². The molecule has 3 heterocycles. The van der Waals surface area contributed by atoms with Gasteiger partial charge in [0.15, 0.2) is 0 Å². The predicted molar refractivity (Wildman–Crippen MR) is 133 cm³/mol. The molecule has 0 unspecified atom stereocenters. The Morgan fingerprint density at radius 2 is 1.94 bits per heavy atom. The van der Waals surface area contributed by atoms with Crippen LogP contribution in [0.5, 0.6) is 0 Å². The minimum atomic E-state index is -0.821. The largest absolute Gasteiger partial charge is 0.481 e. The highest BCUT2D eigenvalue weighted by molar-refractivity contribution is 8.26. The maximum atomic E-state index is 13.1. The first kappa shape index (κ1) is 25.0. The summed E-state index contributed by atoms with van der Waals surface area (Å²) in [5, 5.41) is 18.4. The molecule has 0 saturated carbocycles. The Morgan fingerprint density at radius 3 is 2.55 bits per heavy atom. The topological polar surface area (TPSA) is 107 Å². The maximum Gasteiger partial charge on any atom is 0.303 e. The molecule has 0 aromatic carbocycles. The third-order valence-corrected chi connectivity index (χ3v) is 7.37. The van der Waals surface area contributed by atoms with Gasteiger partial charge in [-0.3, -0.25) is 23.9 Å². The average molecular weight is 489 g/mol. The van der Waals surface area contributed by atoms with Crippen LogP contribution >= 0.6 is 24.0 Å². The SMILES string of the molecule is CCn1c(N2CCCC2)c(C=C2SC(=S)N(CCCCCC(=O)O)C2=O)c(C)c(C#N)c1=O. The number of rotatable bonds is 9. The van der Waals surface area contributed by atoms with Crippen molar-refractivity contribution in [3.8, 4) is 6.07 Å². The van der Waals surface area contributed by atoms with E-state index in [4.69, 9.17) is 17.3 Å². The molecule has 1 N–H and O–H groups in total. The van der Waals surface area contributed by atoms with Crippen molar-refractivity contribution in [2.45, 2.75) is 58.9 Å². The number of carbonyl (C=O) groups excluding carboxylic acids is 1. The zero-order chi connectivity index (χ0) is 24.1. The van der Waals surface area contributed by atoms with E-state index in [1.54, 1.807) is 22.5 Å². The Balaban J connectivity index is 1.94. The highest BCUT2D eigenvalue weighted by Crippen LogP contribution is 2.36. The van der Waals surface area contributed by atoms with E-state index < -0.39 is 5.97 Å². The quantitative estimate of drug-likeness (QED) is 0.320. The first-order valence-electron chi connectivity index (χ1n) is 11.2. The number of nitrogens with zero attached hydrogens (tertiary/aromatic N) is 4. The monoisotopic (exact) mass is 488 g/mol. The lowest BCUT2D eigenvalue weighted by atomic mass is 10.0. The molecule has 0 radical (unpaired) electrons. The average Bonchev–Trinajstić information content (AvgIpc) is 3.39. The van der Waals surface area contributed by atoms with E-state index >= 15 is 0 Å². The second-order valence-corrected chi connectivity index (χ2v) is 9.81. The zero-order valence-electron chi connectivity index (χ0n) is 18.9. The van der Waals surface area contributed by atoms with Gasteiger partial charge in [0.2, 0.25) is 0 Å². The smallest absolute Gasteiger partial charge is 0.303 e. The highest BCUT2D eigenvalue weighted by atomic mass is 32.2. The minimum absolute atomic E-state index is 0.0972. The van der Waals surface area contributed by atoms with Gasteiger partial charge in [0.1, 0.15) is 21.8 Å². The van der Waals surface area contributed by atoms with Crippen LogP contribution in [0.4, 0.5) is 5.82 Å². The second-order valence-electron chi connectivity index (χ2n) is 8.13.